The van der Waals surface area contributed by atoms with Gasteiger partial charge in [0, 0.05) is 37.4 Å². The van der Waals surface area contributed by atoms with Crippen molar-refractivity contribution in [3.05, 3.63) is 64.7 Å². The molecular weight excluding hydrogens is 384 g/mol. The Morgan fingerprint density at radius 3 is 2.41 bits per heavy atom. The van der Waals surface area contributed by atoms with E-state index in [1.165, 1.54) is 11.3 Å². The van der Waals surface area contributed by atoms with Crippen molar-refractivity contribution in [3.63, 3.8) is 0 Å². The van der Waals surface area contributed by atoms with Crippen molar-refractivity contribution in [1.29, 1.82) is 0 Å². The van der Waals surface area contributed by atoms with Crippen LogP contribution in [0.3, 0.4) is 0 Å². The van der Waals surface area contributed by atoms with Gasteiger partial charge < -0.3 is 14.5 Å². The Morgan fingerprint density at radius 2 is 1.72 bits per heavy atom. The fraction of sp³-hybridized carbons (Fsp3) is 0.458. The van der Waals surface area contributed by atoms with Crippen LogP contribution < -0.4 is 4.90 Å². The largest absolute Gasteiger partial charge is 0.378 e. The third-order valence-electron chi connectivity index (χ3n) is 6.36. The van der Waals surface area contributed by atoms with E-state index in [-0.39, 0.29) is 5.91 Å². The van der Waals surface area contributed by atoms with Crippen LogP contribution in [0.4, 0.5) is 5.69 Å². The van der Waals surface area contributed by atoms with E-state index in [1.54, 1.807) is 0 Å². The highest BCUT2D eigenvalue weighted by molar-refractivity contribution is 6.30. The smallest absolute Gasteiger partial charge is 0.233 e. The molecule has 4 nitrogen and oxygen atoms in total. The topological polar surface area (TPSA) is 32.8 Å². The molecule has 154 valence electrons. The standard InChI is InChI=1S/C24H29ClN2O2/c1-26(18-19-6-2-3-7-22(19)27-14-16-29-17-15-27)23(28)24(12-4-5-13-24)20-8-10-21(25)11-9-20/h2-3,6-11H,4-5,12-18H2,1H3. The SMILES string of the molecule is CN(Cc1ccccc1N1CCOCC1)C(=O)C1(c2ccc(Cl)cc2)CCCC1. The van der Waals surface area contributed by atoms with Gasteiger partial charge in [-0.25, -0.2) is 0 Å². The number of halogens is 1. The summed E-state index contributed by atoms with van der Waals surface area (Å²) in [4.78, 5) is 18.0. The lowest BCUT2D eigenvalue weighted by atomic mass is 9.77. The summed E-state index contributed by atoms with van der Waals surface area (Å²) in [5.74, 6) is 0.217. The van der Waals surface area contributed by atoms with Gasteiger partial charge in [-0.1, -0.05) is 54.8 Å². The number of morpholine rings is 1. The predicted octanol–water partition coefficient (Wildman–Crippen LogP) is 4.65. The number of carbonyl (C=O) groups is 1. The minimum Gasteiger partial charge on any atom is -0.378 e. The van der Waals surface area contributed by atoms with Gasteiger partial charge in [0.1, 0.15) is 0 Å². The van der Waals surface area contributed by atoms with Crippen LogP contribution in [0, 0.1) is 0 Å². The van der Waals surface area contributed by atoms with Gasteiger partial charge in [-0.2, -0.15) is 0 Å². The van der Waals surface area contributed by atoms with Crippen LogP contribution in [-0.2, 0) is 21.5 Å². The lowest BCUT2D eigenvalue weighted by Crippen LogP contribution is -2.43. The number of hydrogen-bond acceptors (Lipinski definition) is 3. The molecule has 2 aromatic rings. The second-order valence-corrected chi connectivity index (χ2v) is 8.62. The normalized spacial score (nSPS) is 18.6. The van der Waals surface area contributed by atoms with E-state index in [4.69, 9.17) is 16.3 Å². The molecule has 1 heterocycles. The molecule has 1 aliphatic heterocycles. The first-order valence-electron chi connectivity index (χ1n) is 10.5. The lowest BCUT2D eigenvalue weighted by molar-refractivity contribution is -0.136. The summed E-state index contributed by atoms with van der Waals surface area (Å²) in [6.07, 6.45) is 3.99. The fourth-order valence-electron chi connectivity index (χ4n) is 4.82. The third kappa shape index (κ3) is 4.15. The van der Waals surface area contributed by atoms with Gasteiger partial charge in [0.15, 0.2) is 0 Å². The van der Waals surface area contributed by atoms with Crippen LogP contribution in [0.1, 0.15) is 36.8 Å². The van der Waals surface area contributed by atoms with Crippen molar-refractivity contribution in [3.8, 4) is 0 Å². The molecule has 29 heavy (non-hydrogen) atoms. The van der Waals surface area contributed by atoms with Gasteiger partial charge in [0.2, 0.25) is 5.91 Å². The highest BCUT2D eigenvalue weighted by Crippen LogP contribution is 2.43. The van der Waals surface area contributed by atoms with Gasteiger partial charge in [0.25, 0.3) is 0 Å². The van der Waals surface area contributed by atoms with Crippen molar-refractivity contribution < 1.29 is 9.53 Å². The Balaban J connectivity index is 1.57. The summed E-state index contributed by atoms with van der Waals surface area (Å²) in [6.45, 7) is 3.90. The van der Waals surface area contributed by atoms with Gasteiger partial charge in [-0.3, -0.25) is 4.79 Å². The molecule has 1 saturated heterocycles. The van der Waals surface area contributed by atoms with Crippen LogP contribution in [0.25, 0.3) is 0 Å². The molecule has 1 amide bonds. The third-order valence-corrected chi connectivity index (χ3v) is 6.61. The van der Waals surface area contributed by atoms with Crippen LogP contribution in [0.15, 0.2) is 48.5 Å². The van der Waals surface area contributed by atoms with Gasteiger partial charge in [-0.05, 0) is 42.2 Å². The molecule has 0 atom stereocenters. The first kappa shape index (κ1) is 20.2. The number of rotatable bonds is 5. The Kier molecular flexibility index (Phi) is 6.12. The quantitative estimate of drug-likeness (QED) is 0.716. The second kappa shape index (κ2) is 8.76. The molecule has 0 radical (unpaired) electrons. The van der Waals surface area contributed by atoms with E-state index < -0.39 is 5.41 Å². The van der Waals surface area contributed by atoms with Crippen LogP contribution in [0.2, 0.25) is 5.02 Å². The minimum atomic E-state index is -0.423. The number of amides is 1. The molecule has 1 saturated carbocycles. The molecule has 5 heteroatoms. The number of likely N-dealkylation sites (N-methyl/N-ethyl adjacent to an activating group) is 1. The van der Waals surface area contributed by atoms with Gasteiger partial charge >= 0.3 is 0 Å². The van der Waals surface area contributed by atoms with Crippen LogP contribution in [-0.4, -0.2) is 44.2 Å². The maximum absolute atomic E-state index is 13.7. The molecule has 1 aliphatic carbocycles. The van der Waals surface area contributed by atoms with E-state index >= 15 is 0 Å². The van der Waals surface area contributed by atoms with E-state index in [0.717, 1.165) is 57.6 Å². The van der Waals surface area contributed by atoms with Crippen molar-refractivity contribution in [2.45, 2.75) is 37.6 Å². The van der Waals surface area contributed by atoms with Crippen molar-refractivity contribution in [2.24, 2.45) is 0 Å². The Morgan fingerprint density at radius 1 is 1.07 bits per heavy atom. The number of carbonyl (C=O) groups excluding carboxylic acids is 1. The molecule has 0 N–H and O–H groups in total. The molecule has 2 aromatic carbocycles. The average Bonchev–Trinajstić information content (AvgIpc) is 3.26. The molecular formula is C24H29ClN2O2. The van der Waals surface area contributed by atoms with Crippen molar-refractivity contribution in [2.75, 3.05) is 38.3 Å². The molecule has 4 rings (SSSR count). The zero-order valence-corrected chi connectivity index (χ0v) is 17.8. The van der Waals surface area contributed by atoms with Gasteiger partial charge in [-0.15, -0.1) is 0 Å². The molecule has 0 unspecified atom stereocenters. The molecule has 0 bridgehead atoms. The number of para-hydroxylation sites is 1. The van der Waals surface area contributed by atoms with Crippen LogP contribution in [0.5, 0.6) is 0 Å². The van der Waals surface area contributed by atoms with E-state index in [1.807, 2.05) is 36.2 Å². The first-order chi connectivity index (χ1) is 14.1. The van der Waals surface area contributed by atoms with Crippen LogP contribution >= 0.6 is 11.6 Å². The second-order valence-electron chi connectivity index (χ2n) is 8.19. The first-order valence-corrected chi connectivity index (χ1v) is 10.9. The summed E-state index contributed by atoms with van der Waals surface area (Å²) >= 11 is 6.10. The number of ether oxygens (including phenoxy) is 1. The predicted molar refractivity (Wildman–Crippen MR) is 118 cm³/mol. The van der Waals surface area contributed by atoms with Crippen molar-refractivity contribution in [1.82, 2.24) is 4.90 Å². The molecule has 0 aromatic heterocycles. The summed E-state index contributed by atoms with van der Waals surface area (Å²) in [5, 5.41) is 0.710. The summed E-state index contributed by atoms with van der Waals surface area (Å²) in [6, 6.07) is 16.3. The maximum atomic E-state index is 13.7. The van der Waals surface area contributed by atoms with Gasteiger partial charge in [0.05, 0.1) is 18.6 Å². The Labute approximate surface area is 178 Å². The number of anilines is 1. The monoisotopic (exact) mass is 412 g/mol. The highest BCUT2D eigenvalue weighted by Gasteiger charge is 2.44. The van der Waals surface area contributed by atoms with E-state index in [0.29, 0.717) is 11.6 Å². The minimum absolute atomic E-state index is 0.217. The zero-order valence-electron chi connectivity index (χ0n) is 17.1. The summed E-state index contributed by atoms with van der Waals surface area (Å²) in [7, 11) is 1.94. The molecule has 2 aliphatic rings. The Bertz CT molecular complexity index is 840. The molecule has 2 fully saturated rings. The highest BCUT2D eigenvalue weighted by atomic mass is 35.5. The van der Waals surface area contributed by atoms with Crippen molar-refractivity contribution >= 4 is 23.2 Å². The maximum Gasteiger partial charge on any atom is 0.233 e. The Hall–Kier alpha value is -2.04. The zero-order chi connectivity index (χ0) is 20.3. The number of hydrogen-bond donors (Lipinski definition) is 0. The number of nitrogens with zero attached hydrogens (tertiary/aromatic N) is 2. The summed E-state index contributed by atoms with van der Waals surface area (Å²) < 4.78 is 5.50. The summed E-state index contributed by atoms with van der Waals surface area (Å²) in [5.41, 5.74) is 3.07. The van der Waals surface area contributed by atoms with E-state index in [2.05, 4.69) is 29.2 Å². The average molecular weight is 413 g/mol. The number of benzene rings is 2. The fourth-order valence-corrected chi connectivity index (χ4v) is 4.95. The van der Waals surface area contributed by atoms with E-state index in [9.17, 15) is 4.79 Å². The molecule has 0 spiro atoms. The lowest BCUT2D eigenvalue weighted by Gasteiger charge is -2.35.